The van der Waals surface area contributed by atoms with Crippen LogP contribution in [0.2, 0.25) is 0 Å². The second-order valence-corrected chi connectivity index (χ2v) is 10.8. The molecule has 0 aromatic heterocycles. The minimum Gasteiger partial charge on any atom is -0.350 e. The molecule has 0 heterocycles. The highest BCUT2D eigenvalue weighted by atomic mass is 32.2. The fourth-order valence-corrected chi connectivity index (χ4v) is 3.91. The second-order valence-electron chi connectivity index (χ2n) is 6.84. The maximum Gasteiger partial charge on any atom is 0.242 e. The van der Waals surface area contributed by atoms with Gasteiger partial charge < -0.3 is 5.32 Å². The number of benzene rings is 1. The Morgan fingerprint density at radius 3 is 2.38 bits per heavy atom. The molecule has 0 saturated heterocycles. The van der Waals surface area contributed by atoms with E-state index in [4.69, 9.17) is 0 Å². The summed E-state index contributed by atoms with van der Waals surface area (Å²) in [4.78, 5) is 12.2. The van der Waals surface area contributed by atoms with Gasteiger partial charge in [0.05, 0.1) is 4.90 Å². The molecule has 2 atom stereocenters. The van der Waals surface area contributed by atoms with Crippen molar-refractivity contribution in [3.8, 4) is 0 Å². The van der Waals surface area contributed by atoms with Gasteiger partial charge in [0.15, 0.2) is 0 Å². The molecule has 8 heteroatoms. The van der Waals surface area contributed by atoms with Gasteiger partial charge in [0.1, 0.15) is 5.25 Å². The van der Waals surface area contributed by atoms with E-state index in [-0.39, 0.29) is 16.6 Å². The maximum absolute atomic E-state index is 12.4. The molecule has 0 unspecified atom stereocenters. The molecule has 0 aliphatic rings. The third-order valence-electron chi connectivity index (χ3n) is 3.25. The first kappa shape index (κ1) is 20.8. The molecular weight excluding hydrogens is 348 g/mol. The molecule has 0 aliphatic heterocycles. The Kier molecular flexibility index (Phi) is 6.72. The van der Waals surface area contributed by atoms with E-state index in [1.807, 2.05) is 20.8 Å². The van der Waals surface area contributed by atoms with Crippen molar-refractivity contribution in [2.75, 3.05) is 14.1 Å². The normalized spacial score (nSPS) is 15.1. The molecule has 0 fully saturated rings. The van der Waals surface area contributed by atoms with Gasteiger partial charge in [0.2, 0.25) is 15.9 Å². The van der Waals surface area contributed by atoms with Gasteiger partial charge >= 0.3 is 0 Å². The van der Waals surface area contributed by atoms with Crippen molar-refractivity contribution < 1.29 is 17.4 Å². The van der Waals surface area contributed by atoms with Crippen LogP contribution in [0.15, 0.2) is 29.2 Å². The first-order valence-corrected chi connectivity index (χ1v) is 10.4. The number of sulfonamides is 1. The molecule has 1 rings (SSSR count). The number of amides is 1. The van der Waals surface area contributed by atoms with E-state index < -0.39 is 31.6 Å². The molecule has 24 heavy (non-hydrogen) atoms. The lowest BCUT2D eigenvalue weighted by atomic mass is 10.1. The van der Waals surface area contributed by atoms with Crippen molar-refractivity contribution in [3.05, 3.63) is 29.8 Å². The second kappa shape index (κ2) is 7.76. The average molecular weight is 375 g/mol. The van der Waals surface area contributed by atoms with E-state index in [2.05, 4.69) is 5.32 Å². The van der Waals surface area contributed by atoms with Crippen LogP contribution < -0.4 is 5.32 Å². The molecule has 0 spiro atoms. The van der Waals surface area contributed by atoms with E-state index in [0.717, 1.165) is 4.31 Å². The van der Waals surface area contributed by atoms with Crippen LogP contribution in [0.5, 0.6) is 0 Å². The summed E-state index contributed by atoms with van der Waals surface area (Å²) in [6, 6.07) is 6.32. The summed E-state index contributed by atoms with van der Waals surface area (Å²) in [6.45, 7) is 7.18. The molecule has 0 saturated carbocycles. The topological polar surface area (TPSA) is 83.5 Å². The molecule has 1 amide bonds. The van der Waals surface area contributed by atoms with Crippen LogP contribution in [-0.4, -0.2) is 47.7 Å². The van der Waals surface area contributed by atoms with Crippen LogP contribution >= 0.6 is 0 Å². The fraction of sp³-hybridized carbons (Fsp3) is 0.562. The smallest absolute Gasteiger partial charge is 0.242 e. The van der Waals surface area contributed by atoms with Crippen molar-refractivity contribution in [1.29, 1.82) is 0 Å². The van der Waals surface area contributed by atoms with Gasteiger partial charge in [-0.25, -0.2) is 12.7 Å². The van der Waals surface area contributed by atoms with Gasteiger partial charge in [-0.15, -0.1) is 0 Å². The van der Waals surface area contributed by atoms with E-state index in [1.54, 1.807) is 19.1 Å². The number of nitrogens with one attached hydrogen (secondary N) is 1. The average Bonchev–Trinajstić information content (AvgIpc) is 2.44. The number of carbonyl (C=O) groups excluding carboxylic acids is 1. The number of hydrogen-bond donors (Lipinski definition) is 1. The Balaban J connectivity index is 2.91. The van der Waals surface area contributed by atoms with Crippen molar-refractivity contribution in [2.24, 2.45) is 0 Å². The van der Waals surface area contributed by atoms with Crippen LogP contribution in [0, 0.1) is 0 Å². The quantitative estimate of drug-likeness (QED) is 0.818. The molecule has 1 aromatic rings. The zero-order valence-electron chi connectivity index (χ0n) is 15.0. The monoisotopic (exact) mass is 374 g/mol. The van der Waals surface area contributed by atoms with Crippen molar-refractivity contribution in [3.63, 3.8) is 0 Å². The molecule has 136 valence electrons. The van der Waals surface area contributed by atoms with Crippen LogP contribution in [-0.2, 0) is 31.4 Å². The van der Waals surface area contributed by atoms with Crippen molar-refractivity contribution in [2.45, 2.75) is 49.1 Å². The zero-order valence-corrected chi connectivity index (χ0v) is 16.6. The van der Waals surface area contributed by atoms with Crippen LogP contribution in [0.25, 0.3) is 0 Å². The Labute approximate surface area is 147 Å². The summed E-state index contributed by atoms with van der Waals surface area (Å²) < 4.78 is 37.9. The van der Waals surface area contributed by atoms with Crippen molar-refractivity contribution >= 4 is 26.7 Å². The molecule has 0 aliphatic carbocycles. The van der Waals surface area contributed by atoms with E-state index >= 15 is 0 Å². The van der Waals surface area contributed by atoms with Crippen molar-refractivity contribution in [1.82, 2.24) is 9.62 Å². The summed E-state index contributed by atoms with van der Waals surface area (Å²) in [5.41, 5.74) is 0.224. The molecular formula is C16H26N2O4S2. The molecule has 6 nitrogen and oxygen atoms in total. The number of rotatable bonds is 6. The summed E-state index contributed by atoms with van der Waals surface area (Å²) in [5, 5.41) is 2.12. The molecule has 0 bridgehead atoms. The highest BCUT2D eigenvalue weighted by Gasteiger charge is 2.24. The third-order valence-corrected chi connectivity index (χ3v) is 6.68. The Morgan fingerprint density at radius 2 is 1.88 bits per heavy atom. The maximum atomic E-state index is 12.4. The first-order chi connectivity index (χ1) is 10.8. The molecule has 0 radical (unpaired) electrons. The standard InChI is InChI=1S/C16H26N2O4S2/c1-12(15(19)17-16(2,3)4)23(20)11-13-8-7-9-14(10-13)24(21,22)18(5)6/h7-10,12H,11H2,1-6H3,(H,17,19)/t12-,23+/m1/s1. The van der Waals surface area contributed by atoms with Crippen LogP contribution in [0.1, 0.15) is 33.3 Å². The fourth-order valence-electron chi connectivity index (χ4n) is 1.89. The first-order valence-electron chi connectivity index (χ1n) is 7.55. The van der Waals surface area contributed by atoms with Crippen LogP contribution in [0.3, 0.4) is 0 Å². The minimum absolute atomic E-state index is 0.121. The predicted octanol–water partition coefficient (Wildman–Crippen LogP) is 1.49. The summed E-state index contributed by atoms with van der Waals surface area (Å²) in [5.74, 6) is -0.159. The highest BCUT2D eigenvalue weighted by Crippen LogP contribution is 2.17. The molecule has 1 aromatic carbocycles. The zero-order chi connectivity index (χ0) is 18.7. The SMILES string of the molecule is C[C@H](C(=O)NC(C)(C)C)[S@@](=O)Cc1cccc(S(=O)(=O)N(C)C)c1. The van der Waals surface area contributed by atoms with Crippen LogP contribution in [0.4, 0.5) is 0 Å². The Bertz CT molecular complexity index is 722. The van der Waals surface area contributed by atoms with Gasteiger partial charge in [-0.2, -0.15) is 0 Å². The summed E-state index contributed by atoms with van der Waals surface area (Å²) in [6.07, 6.45) is 0. The van der Waals surface area contributed by atoms with E-state index in [0.29, 0.717) is 5.56 Å². The van der Waals surface area contributed by atoms with Gasteiger partial charge in [0.25, 0.3) is 0 Å². The van der Waals surface area contributed by atoms with E-state index in [1.165, 1.54) is 26.2 Å². The number of carbonyl (C=O) groups is 1. The molecule has 1 N–H and O–H groups in total. The largest absolute Gasteiger partial charge is 0.350 e. The van der Waals surface area contributed by atoms with E-state index in [9.17, 15) is 17.4 Å². The number of nitrogens with zero attached hydrogens (tertiary/aromatic N) is 1. The van der Waals surface area contributed by atoms with Gasteiger partial charge in [-0.05, 0) is 45.4 Å². The summed E-state index contributed by atoms with van der Waals surface area (Å²) >= 11 is 0. The van der Waals surface area contributed by atoms with Gasteiger partial charge in [-0.1, -0.05) is 12.1 Å². The third kappa shape index (κ3) is 5.68. The Hall–Kier alpha value is -1.25. The lowest BCUT2D eigenvalue weighted by Gasteiger charge is -2.23. The van der Waals surface area contributed by atoms with Gasteiger partial charge in [-0.3, -0.25) is 9.00 Å². The van der Waals surface area contributed by atoms with Gasteiger partial charge in [0, 0.05) is 36.2 Å². The lowest BCUT2D eigenvalue weighted by Crippen LogP contribution is -2.46. The predicted molar refractivity (Wildman–Crippen MR) is 96.5 cm³/mol. The highest BCUT2D eigenvalue weighted by molar-refractivity contribution is 7.89. The minimum atomic E-state index is -3.54. The Morgan fingerprint density at radius 1 is 1.29 bits per heavy atom. The lowest BCUT2D eigenvalue weighted by molar-refractivity contribution is -0.121. The number of hydrogen-bond acceptors (Lipinski definition) is 4. The summed E-state index contributed by atoms with van der Waals surface area (Å²) in [7, 11) is -2.07.